The molecule has 1 aliphatic heterocycles. The minimum Gasteiger partial charge on any atom is -0.472 e. The highest BCUT2D eigenvalue weighted by Gasteiger charge is 2.19. The molecule has 6 nitrogen and oxygen atoms in total. The lowest BCUT2D eigenvalue weighted by Gasteiger charge is -2.12. The second kappa shape index (κ2) is 5.88. The van der Waals surface area contributed by atoms with Gasteiger partial charge in [0, 0.05) is 18.1 Å². The average molecular weight is 285 g/mol. The molecule has 1 fully saturated rings. The molecule has 0 spiro atoms. The van der Waals surface area contributed by atoms with Gasteiger partial charge in [0.05, 0.1) is 13.2 Å². The summed E-state index contributed by atoms with van der Waals surface area (Å²) in [6, 6.07) is 10.8. The maximum Gasteiger partial charge on any atom is 0.267 e. The predicted molar refractivity (Wildman–Crippen MR) is 75.8 cm³/mol. The minimum atomic E-state index is -0.609. The van der Waals surface area contributed by atoms with Crippen molar-refractivity contribution in [1.29, 1.82) is 0 Å². The van der Waals surface area contributed by atoms with Gasteiger partial charge in [-0.25, -0.2) is 4.98 Å². The van der Waals surface area contributed by atoms with E-state index >= 15 is 0 Å². The number of rotatable bonds is 4. The molecule has 1 aromatic heterocycles. The first-order chi connectivity index (χ1) is 10.2. The van der Waals surface area contributed by atoms with E-state index in [1.54, 1.807) is 0 Å². The van der Waals surface area contributed by atoms with Crippen LogP contribution in [0.15, 0.2) is 36.4 Å². The van der Waals surface area contributed by atoms with Crippen LogP contribution in [0.2, 0.25) is 0 Å². The van der Waals surface area contributed by atoms with Gasteiger partial charge in [-0.2, -0.15) is 4.98 Å². The van der Waals surface area contributed by atoms with Gasteiger partial charge in [0.2, 0.25) is 5.88 Å². The number of amides is 1. The van der Waals surface area contributed by atoms with E-state index in [2.05, 4.69) is 9.97 Å². The van der Waals surface area contributed by atoms with Crippen LogP contribution in [-0.4, -0.2) is 35.2 Å². The van der Waals surface area contributed by atoms with E-state index in [-0.39, 0.29) is 11.8 Å². The summed E-state index contributed by atoms with van der Waals surface area (Å²) in [4.78, 5) is 20.0. The molecule has 3 rings (SSSR count). The summed E-state index contributed by atoms with van der Waals surface area (Å²) in [5.74, 6) is 0.149. The van der Waals surface area contributed by atoms with E-state index in [9.17, 15) is 4.79 Å². The van der Waals surface area contributed by atoms with Crippen LogP contribution in [0.4, 0.5) is 0 Å². The molecule has 6 heteroatoms. The molecule has 0 radical (unpaired) electrons. The van der Waals surface area contributed by atoms with Gasteiger partial charge in [-0.15, -0.1) is 0 Å². The monoisotopic (exact) mass is 285 g/mol. The molecule has 2 heterocycles. The molecule has 2 aromatic rings. The van der Waals surface area contributed by atoms with Crippen molar-refractivity contribution in [1.82, 2.24) is 9.97 Å². The van der Waals surface area contributed by atoms with E-state index in [4.69, 9.17) is 15.2 Å². The molecule has 21 heavy (non-hydrogen) atoms. The first-order valence-corrected chi connectivity index (χ1v) is 6.71. The van der Waals surface area contributed by atoms with Crippen molar-refractivity contribution < 1.29 is 14.3 Å². The molecule has 1 atom stereocenters. The normalized spacial score (nSPS) is 17.6. The summed E-state index contributed by atoms with van der Waals surface area (Å²) in [7, 11) is 0. The van der Waals surface area contributed by atoms with Crippen LogP contribution in [0.25, 0.3) is 11.4 Å². The second-order valence-corrected chi connectivity index (χ2v) is 4.75. The van der Waals surface area contributed by atoms with Crippen molar-refractivity contribution in [2.75, 3.05) is 13.2 Å². The van der Waals surface area contributed by atoms with Crippen molar-refractivity contribution in [3.8, 4) is 17.3 Å². The second-order valence-electron chi connectivity index (χ2n) is 4.75. The third-order valence-corrected chi connectivity index (χ3v) is 3.16. The molecule has 1 aliphatic rings. The fraction of sp³-hybridized carbons (Fsp3) is 0.267. The molecule has 1 amide bonds. The molecule has 0 aliphatic carbocycles. The van der Waals surface area contributed by atoms with E-state index < -0.39 is 5.91 Å². The van der Waals surface area contributed by atoms with Gasteiger partial charge in [-0.1, -0.05) is 30.3 Å². The summed E-state index contributed by atoms with van der Waals surface area (Å²) in [5.41, 5.74) is 6.26. The smallest absolute Gasteiger partial charge is 0.267 e. The molecule has 1 aromatic carbocycles. The minimum absolute atomic E-state index is 0.0516. The predicted octanol–water partition coefficient (Wildman–Crippen LogP) is 1.41. The number of aromatic nitrogens is 2. The Morgan fingerprint density at radius 3 is 2.76 bits per heavy atom. The van der Waals surface area contributed by atoms with Crippen molar-refractivity contribution in [2.24, 2.45) is 5.73 Å². The highest BCUT2D eigenvalue weighted by molar-refractivity contribution is 5.91. The first kappa shape index (κ1) is 13.5. The molecule has 0 unspecified atom stereocenters. The zero-order valence-electron chi connectivity index (χ0n) is 11.4. The zero-order chi connectivity index (χ0) is 14.7. The number of hydrogen-bond donors (Lipinski definition) is 1. The first-order valence-electron chi connectivity index (χ1n) is 6.71. The number of benzene rings is 1. The lowest BCUT2D eigenvalue weighted by molar-refractivity contribution is 0.0993. The Balaban J connectivity index is 1.95. The molecular formula is C15H15N3O3. The van der Waals surface area contributed by atoms with Crippen molar-refractivity contribution in [3.05, 3.63) is 42.1 Å². The topological polar surface area (TPSA) is 87.3 Å². The molecule has 0 saturated carbocycles. The van der Waals surface area contributed by atoms with Gasteiger partial charge < -0.3 is 15.2 Å². The average Bonchev–Trinajstić information content (AvgIpc) is 3.01. The van der Waals surface area contributed by atoms with Gasteiger partial charge in [0.25, 0.3) is 5.91 Å². The molecule has 1 saturated heterocycles. The third kappa shape index (κ3) is 3.17. The van der Waals surface area contributed by atoms with Gasteiger partial charge in [-0.05, 0) is 0 Å². The highest BCUT2D eigenvalue weighted by atomic mass is 16.5. The Morgan fingerprint density at radius 1 is 1.29 bits per heavy atom. The van der Waals surface area contributed by atoms with Gasteiger partial charge in [0.15, 0.2) is 5.82 Å². The molecular weight excluding hydrogens is 270 g/mol. The summed E-state index contributed by atoms with van der Waals surface area (Å²) >= 11 is 0. The van der Waals surface area contributed by atoms with E-state index in [0.717, 1.165) is 12.0 Å². The zero-order valence-corrected chi connectivity index (χ0v) is 11.4. The standard InChI is InChI=1S/C15H15N3O3/c16-14(19)12-8-13(21-11-6-7-20-9-11)18-15(17-12)10-4-2-1-3-5-10/h1-5,8,11H,6-7,9H2,(H2,16,19)/t11-/m0/s1. The third-order valence-electron chi connectivity index (χ3n) is 3.16. The number of primary amides is 1. The van der Waals surface area contributed by atoms with Crippen molar-refractivity contribution in [2.45, 2.75) is 12.5 Å². The fourth-order valence-electron chi connectivity index (χ4n) is 2.10. The van der Waals surface area contributed by atoms with Crippen LogP contribution >= 0.6 is 0 Å². The maximum atomic E-state index is 11.4. The maximum absolute atomic E-state index is 11.4. The van der Waals surface area contributed by atoms with Gasteiger partial charge in [0.1, 0.15) is 11.8 Å². The SMILES string of the molecule is NC(=O)c1cc(O[C@H]2CCOC2)nc(-c2ccccc2)n1. The summed E-state index contributed by atoms with van der Waals surface area (Å²) in [5, 5.41) is 0. The van der Waals surface area contributed by atoms with E-state index in [1.165, 1.54) is 6.07 Å². The van der Waals surface area contributed by atoms with E-state index in [1.807, 2.05) is 30.3 Å². The highest BCUT2D eigenvalue weighted by Crippen LogP contribution is 2.21. The summed E-state index contributed by atoms with van der Waals surface area (Å²) < 4.78 is 11.0. The molecule has 2 N–H and O–H groups in total. The van der Waals surface area contributed by atoms with Gasteiger partial charge >= 0.3 is 0 Å². The lowest BCUT2D eigenvalue weighted by atomic mass is 10.2. The lowest BCUT2D eigenvalue weighted by Crippen LogP contribution is -2.19. The van der Waals surface area contributed by atoms with Crippen LogP contribution in [0.5, 0.6) is 5.88 Å². The quantitative estimate of drug-likeness (QED) is 0.917. The number of nitrogens with zero attached hydrogens (tertiary/aromatic N) is 2. The Labute approximate surface area is 121 Å². The largest absolute Gasteiger partial charge is 0.472 e. The van der Waals surface area contributed by atoms with Crippen LogP contribution in [-0.2, 0) is 4.74 Å². The number of carbonyl (C=O) groups is 1. The van der Waals surface area contributed by atoms with Crippen molar-refractivity contribution in [3.63, 3.8) is 0 Å². The summed E-state index contributed by atoms with van der Waals surface area (Å²) in [6.45, 7) is 1.19. The molecule has 108 valence electrons. The van der Waals surface area contributed by atoms with Crippen LogP contribution < -0.4 is 10.5 Å². The van der Waals surface area contributed by atoms with Crippen LogP contribution in [0, 0.1) is 0 Å². The van der Waals surface area contributed by atoms with Crippen molar-refractivity contribution >= 4 is 5.91 Å². The number of carbonyl (C=O) groups excluding carboxylic acids is 1. The number of ether oxygens (including phenoxy) is 2. The van der Waals surface area contributed by atoms with Crippen LogP contribution in [0.1, 0.15) is 16.9 Å². The Bertz CT molecular complexity index is 640. The Kier molecular flexibility index (Phi) is 3.79. The Morgan fingerprint density at radius 2 is 2.10 bits per heavy atom. The fourth-order valence-corrected chi connectivity index (χ4v) is 2.10. The molecule has 0 bridgehead atoms. The Hall–Kier alpha value is -2.47. The van der Waals surface area contributed by atoms with Gasteiger partial charge in [-0.3, -0.25) is 4.79 Å². The number of nitrogens with two attached hydrogens (primary N) is 1. The van der Waals surface area contributed by atoms with E-state index in [0.29, 0.717) is 24.9 Å². The van der Waals surface area contributed by atoms with Crippen LogP contribution in [0.3, 0.4) is 0 Å². The summed E-state index contributed by atoms with van der Waals surface area (Å²) in [6.07, 6.45) is 0.751. The number of hydrogen-bond acceptors (Lipinski definition) is 5.